The van der Waals surface area contributed by atoms with Crippen LogP contribution in [0.5, 0.6) is 5.75 Å². The molecule has 49 heavy (non-hydrogen) atoms. The summed E-state index contributed by atoms with van der Waals surface area (Å²) in [6.45, 7) is 2.09. The van der Waals surface area contributed by atoms with Gasteiger partial charge in [0.05, 0.1) is 18.3 Å². The van der Waals surface area contributed by atoms with Gasteiger partial charge in [0, 0.05) is 34.3 Å². The van der Waals surface area contributed by atoms with E-state index in [0.717, 1.165) is 25.7 Å². The van der Waals surface area contributed by atoms with E-state index in [1.165, 1.54) is 6.07 Å². The molecule has 1 aromatic carbocycles. The topological polar surface area (TPSA) is 223 Å². The number of benzene rings is 1. The number of nitrogens with zero attached hydrogens (tertiary/aromatic N) is 1. The van der Waals surface area contributed by atoms with E-state index in [4.69, 9.17) is 10.8 Å². The molecule has 0 aliphatic heterocycles. The number of Topliss-reactive ketones (excluding diaryl/α,β-unsaturated/α-hetero) is 2. The number of aliphatic hydroxyl groups excluding tert-OH is 2. The number of carbonyl (C=O) groups excluding carboxylic acids is 3. The molecule has 0 saturated heterocycles. The molecule has 0 heterocycles. The van der Waals surface area contributed by atoms with Gasteiger partial charge >= 0.3 is 5.97 Å². The van der Waals surface area contributed by atoms with Gasteiger partial charge in [-0.25, -0.2) is 0 Å². The number of hydrogen-bond acceptors (Lipinski definition) is 12. The zero-order valence-corrected chi connectivity index (χ0v) is 29.0. The highest BCUT2D eigenvalue weighted by Gasteiger charge is 2.67. The third-order valence-electron chi connectivity index (χ3n) is 10.8. The molecule has 268 valence electrons. The second-order valence-corrected chi connectivity index (χ2v) is 15.3. The molecule has 1 amide bonds. The quantitative estimate of drug-likeness (QED) is 0.0841. The van der Waals surface area contributed by atoms with Gasteiger partial charge in [-0.2, -0.15) is 11.8 Å². The van der Waals surface area contributed by atoms with E-state index in [-0.39, 0.29) is 35.9 Å². The Hall–Kier alpha value is -3.43. The highest BCUT2D eigenvalue weighted by atomic mass is 32.2. The number of phenolic OH excluding ortho intramolecular Hbond substituents is 1. The number of ketones is 2. The van der Waals surface area contributed by atoms with E-state index < -0.39 is 76.0 Å². The predicted molar refractivity (Wildman–Crippen MR) is 184 cm³/mol. The lowest BCUT2D eigenvalue weighted by Crippen LogP contribution is -2.68. The highest BCUT2D eigenvalue weighted by molar-refractivity contribution is 7.99. The maximum absolute atomic E-state index is 14.6. The average molecular weight is 701 g/mol. The van der Waals surface area contributed by atoms with Crippen LogP contribution in [0, 0.1) is 17.8 Å². The van der Waals surface area contributed by atoms with Crippen LogP contribution in [-0.4, -0.2) is 110 Å². The highest BCUT2D eigenvalue weighted by Crippen LogP contribution is 2.59. The van der Waals surface area contributed by atoms with Crippen LogP contribution in [-0.2, 0) is 19.2 Å². The molecule has 0 spiro atoms. The van der Waals surface area contributed by atoms with E-state index in [2.05, 4.69) is 10.6 Å². The van der Waals surface area contributed by atoms with Crippen LogP contribution < -0.4 is 16.4 Å². The lowest BCUT2D eigenvalue weighted by Gasteiger charge is -2.55. The standard InChI is InChI=1S/C35H48N4O9S/c1-17-23-20(15-49-18-9-4-5-10-18)19-11-8-13-22(40)24(19)29(41)25(23)31(43)35(48)27(17)28(39(2)3)30(42)26(32(35)44)33(45)38-16-37-14-7-6-12-21(36)34(46)47/h8,11,13,17-18,20-21,23,27-28,37,40-41,44,48H,4-7,9-10,12,14-16,36H2,1-3H3,(H,38,45)(H,46,47)/t17-,20-,21?,23+,27-,28-,35-/m0/s1. The first-order valence-electron chi connectivity index (χ1n) is 17.0. The first-order valence-corrected chi connectivity index (χ1v) is 18.0. The summed E-state index contributed by atoms with van der Waals surface area (Å²) < 4.78 is 0. The minimum Gasteiger partial charge on any atom is -0.508 e. The molecule has 13 nitrogen and oxygen atoms in total. The number of hydrogen-bond donors (Lipinski definition) is 8. The van der Waals surface area contributed by atoms with Crippen LogP contribution in [0.4, 0.5) is 0 Å². The Labute approximate surface area is 290 Å². The summed E-state index contributed by atoms with van der Waals surface area (Å²) in [6.07, 6.45) is 5.84. The van der Waals surface area contributed by atoms with Crippen LogP contribution in [0.3, 0.4) is 0 Å². The number of thioether (sulfide) groups is 1. The number of aromatic hydroxyl groups is 1. The number of carboxylic acids is 1. The maximum atomic E-state index is 14.6. The number of nitrogens with two attached hydrogens (primary N) is 1. The first kappa shape index (κ1) is 36.8. The van der Waals surface area contributed by atoms with Crippen molar-refractivity contribution >= 4 is 41.0 Å². The fraction of sp³-hybridized carbons (Fsp3) is 0.600. The Morgan fingerprint density at radius 1 is 1.12 bits per heavy atom. The van der Waals surface area contributed by atoms with Crippen molar-refractivity contribution in [1.82, 2.24) is 15.5 Å². The molecule has 4 aliphatic rings. The zero-order chi connectivity index (χ0) is 35.8. The number of aliphatic hydroxyl groups is 3. The fourth-order valence-electron chi connectivity index (χ4n) is 8.38. The Bertz CT molecular complexity index is 1550. The molecule has 2 fully saturated rings. The van der Waals surface area contributed by atoms with Gasteiger partial charge in [-0.05, 0) is 63.9 Å². The van der Waals surface area contributed by atoms with Crippen molar-refractivity contribution in [2.75, 3.05) is 33.1 Å². The average Bonchev–Trinajstić information content (AvgIpc) is 3.57. The van der Waals surface area contributed by atoms with Crippen LogP contribution in [0.2, 0.25) is 0 Å². The van der Waals surface area contributed by atoms with Crippen LogP contribution in [0.1, 0.15) is 68.9 Å². The minimum absolute atomic E-state index is 0.113. The molecule has 7 atom stereocenters. The second-order valence-electron chi connectivity index (χ2n) is 14.0. The number of phenols is 1. The number of unbranched alkanes of at least 4 members (excludes halogenated alkanes) is 1. The number of carbonyl (C=O) groups is 4. The zero-order valence-electron chi connectivity index (χ0n) is 28.1. The van der Waals surface area contributed by atoms with E-state index in [0.29, 0.717) is 36.0 Å². The Balaban J connectivity index is 1.47. The lowest BCUT2D eigenvalue weighted by molar-refractivity contribution is -0.160. The van der Waals surface area contributed by atoms with Crippen LogP contribution in [0.15, 0.2) is 35.1 Å². The summed E-state index contributed by atoms with van der Waals surface area (Å²) >= 11 is 1.79. The number of amides is 1. The summed E-state index contributed by atoms with van der Waals surface area (Å²) in [5.74, 6) is -7.75. The van der Waals surface area contributed by atoms with Gasteiger partial charge in [0.15, 0.2) is 11.4 Å². The van der Waals surface area contributed by atoms with Crippen LogP contribution in [0.25, 0.3) is 5.76 Å². The molecule has 2 saturated carbocycles. The molecule has 1 aromatic rings. The molecule has 0 radical (unpaired) electrons. The minimum atomic E-state index is -2.71. The van der Waals surface area contributed by atoms with Crippen molar-refractivity contribution in [2.24, 2.45) is 23.5 Å². The van der Waals surface area contributed by atoms with E-state index in [1.54, 1.807) is 43.7 Å². The summed E-state index contributed by atoms with van der Waals surface area (Å²) in [4.78, 5) is 54.6. The SMILES string of the molecule is C[C@H]1[C@H]2C(=C(O)c3c(O)cccc3[C@@H]2CSC2CCCC2)C(=O)[C@]2(O)C(O)=C(C(=O)NCNCCCCC(N)C(=O)O)C(=O)[C@@H](N(C)C)[C@H]12. The third-order valence-corrected chi connectivity index (χ3v) is 12.3. The molecule has 1 unspecified atom stereocenters. The molecule has 14 heteroatoms. The van der Waals surface area contributed by atoms with Crippen molar-refractivity contribution in [1.29, 1.82) is 0 Å². The number of fused-ring (bicyclic) bond motifs is 3. The monoisotopic (exact) mass is 700 g/mol. The Morgan fingerprint density at radius 2 is 1.82 bits per heavy atom. The molecule has 4 aliphatic carbocycles. The van der Waals surface area contributed by atoms with Gasteiger partial charge in [-0.15, -0.1) is 0 Å². The smallest absolute Gasteiger partial charge is 0.320 e. The largest absolute Gasteiger partial charge is 0.508 e. The first-order chi connectivity index (χ1) is 23.2. The third kappa shape index (κ3) is 6.61. The van der Waals surface area contributed by atoms with Crippen molar-refractivity contribution in [3.05, 3.63) is 46.2 Å². The van der Waals surface area contributed by atoms with Gasteiger partial charge in [0.1, 0.15) is 28.9 Å². The molecule has 0 bridgehead atoms. The van der Waals surface area contributed by atoms with Gasteiger partial charge in [-0.1, -0.05) is 38.3 Å². The van der Waals surface area contributed by atoms with Crippen molar-refractivity contribution in [3.8, 4) is 5.75 Å². The van der Waals surface area contributed by atoms with E-state index in [1.807, 2.05) is 6.07 Å². The van der Waals surface area contributed by atoms with Gasteiger partial charge in [0.2, 0.25) is 5.78 Å². The number of aliphatic carboxylic acids is 1. The summed E-state index contributed by atoms with van der Waals surface area (Å²) in [5, 5.41) is 61.4. The second kappa shape index (κ2) is 14.8. The molecule has 0 aromatic heterocycles. The lowest BCUT2D eigenvalue weighted by atomic mass is 9.51. The predicted octanol–water partition coefficient (Wildman–Crippen LogP) is 2.19. The van der Waals surface area contributed by atoms with Gasteiger partial charge in [0.25, 0.3) is 5.91 Å². The summed E-state index contributed by atoms with van der Waals surface area (Å²) in [6, 6.07) is 2.82. The van der Waals surface area contributed by atoms with Gasteiger partial charge in [-0.3, -0.25) is 29.4 Å². The summed E-state index contributed by atoms with van der Waals surface area (Å²) in [7, 11) is 3.22. The Morgan fingerprint density at radius 3 is 2.47 bits per heavy atom. The number of rotatable bonds is 13. The molecular weight excluding hydrogens is 652 g/mol. The summed E-state index contributed by atoms with van der Waals surface area (Å²) in [5.41, 5.74) is 2.74. The molecule has 9 N–H and O–H groups in total. The van der Waals surface area contributed by atoms with Crippen molar-refractivity contribution in [2.45, 2.75) is 80.7 Å². The number of likely N-dealkylation sites (N-methyl/N-ethyl adjacent to an activating group) is 1. The molecule has 5 rings (SSSR count). The normalized spacial score (nSPS) is 29.1. The fourth-order valence-corrected chi connectivity index (χ4v) is 9.91. The Kier molecular flexibility index (Phi) is 11.1. The van der Waals surface area contributed by atoms with E-state index >= 15 is 0 Å². The van der Waals surface area contributed by atoms with Crippen molar-refractivity contribution < 1.29 is 44.7 Å². The molecular formula is C35H48N4O9S. The number of carboxylic acid groups (broad SMARTS) is 1. The van der Waals surface area contributed by atoms with Crippen molar-refractivity contribution in [3.63, 3.8) is 0 Å². The van der Waals surface area contributed by atoms with Gasteiger partial charge < -0.3 is 36.6 Å². The van der Waals surface area contributed by atoms with Crippen LogP contribution >= 0.6 is 11.8 Å². The maximum Gasteiger partial charge on any atom is 0.320 e. The van der Waals surface area contributed by atoms with E-state index in [9.17, 15) is 39.6 Å². The number of nitrogens with one attached hydrogen (secondary N) is 2.